The summed E-state index contributed by atoms with van der Waals surface area (Å²) in [4.78, 5) is 20.3. The molecule has 0 unspecified atom stereocenters. The third-order valence-corrected chi connectivity index (χ3v) is 6.61. The molecule has 13 heteroatoms. The SMILES string of the molecule is CCS(=O)(=O)c1ccc(-c2cc(F)cc(F)c2)nc1-n1ncc2cc(C(F)(F)F)cnc2c1=O. The maximum Gasteiger partial charge on any atom is 0.417 e. The van der Waals surface area contributed by atoms with Crippen LogP contribution in [-0.2, 0) is 16.0 Å². The Morgan fingerprint density at radius 3 is 2.29 bits per heavy atom. The zero-order chi connectivity index (χ0) is 24.8. The van der Waals surface area contributed by atoms with Crippen molar-refractivity contribution < 1.29 is 30.4 Å². The molecule has 0 amide bonds. The minimum absolute atomic E-state index is 0.0408. The molecule has 0 saturated carbocycles. The van der Waals surface area contributed by atoms with Gasteiger partial charge in [0.25, 0.3) is 5.56 Å². The summed E-state index contributed by atoms with van der Waals surface area (Å²) in [6.45, 7) is 1.35. The van der Waals surface area contributed by atoms with Crippen molar-refractivity contribution in [1.82, 2.24) is 19.7 Å². The van der Waals surface area contributed by atoms with Gasteiger partial charge < -0.3 is 0 Å². The number of hydrogen-bond donors (Lipinski definition) is 0. The van der Waals surface area contributed by atoms with E-state index < -0.39 is 55.0 Å². The van der Waals surface area contributed by atoms with Crippen molar-refractivity contribution in [1.29, 1.82) is 0 Å². The van der Waals surface area contributed by atoms with Gasteiger partial charge >= 0.3 is 6.18 Å². The summed E-state index contributed by atoms with van der Waals surface area (Å²) in [5.74, 6) is -2.67. The van der Waals surface area contributed by atoms with Crippen LogP contribution in [0.3, 0.4) is 0 Å². The average molecular weight is 496 g/mol. The molecule has 0 atom stereocenters. The summed E-state index contributed by atoms with van der Waals surface area (Å²) in [5, 5.41) is 3.58. The molecule has 34 heavy (non-hydrogen) atoms. The Morgan fingerprint density at radius 1 is 1.00 bits per heavy atom. The van der Waals surface area contributed by atoms with Crippen LogP contribution in [0, 0.1) is 11.6 Å². The molecule has 0 radical (unpaired) electrons. The van der Waals surface area contributed by atoms with Crippen molar-refractivity contribution in [3.63, 3.8) is 0 Å². The smallest absolute Gasteiger partial charge is 0.265 e. The number of fused-ring (bicyclic) bond motifs is 1. The van der Waals surface area contributed by atoms with Gasteiger partial charge in [0.15, 0.2) is 15.7 Å². The molecule has 0 spiro atoms. The second-order valence-corrected chi connectivity index (χ2v) is 9.35. The van der Waals surface area contributed by atoms with Gasteiger partial charge in [-0.3, -0.25) is 4.79 Å². The lowest BCUT2D eigenvalue weighted by atomic mass is 10.1. The Labute approximate surface area is 188 Å². The number of alkyl halides is 3. The van der Waals surface area contributed by atoms with E-state index in [0.717, 1.165) is 24.4 Å². The van der Waals surface area contributed by atoms with Gasteiger partial charge in [0.1, 0.15) is 22.0 Å². The lowest BCUT2D eigenvalue weighted by Crippen LogP contribution is -2.25. The van der Waals surface area contributed by atoms with E-state index >= 15 is 0 Å². The van der Waals surface area contributed by atoms with Gasteiger partial charge in [0, 0.05) is 23.2 Å². The molecule has 1 aromatic carbocycles. The molecule has 0 aliphatic heterocycles. The number of hydrogen-bond acceptors (Lipinski definition) is 6. The Hall–Kier alpha value is -3.74. The van der Waals surface area contributed by atoms with Crippen molar-refractivity contribution >= 4 is 20.7 Å². The number of nitrogens with zero attached hydrogens (tertiary/aromatic N) is 4. The molecule has 3 heterocycles. The van der Waals surface area contributed by atoms with Crippen LogP contribution in [0.4, 0.5) is 22.0 Å². The van der Waals surface area contributed by atoms with Crippen molar-refractivity contribution in [2.45, 2.75) is 18.0 Å². The number of halogens is 5. The first kappa shape index (κ1) is 23.4. The maximum absolute atomic E-state index is 13.7. The molecule has 4 rings (SSSR count). The van der Waals surface area contributed by atoms with Crippen molar-refractivity contribution in [3.05, 3.63) is 76.3 Å². The van der Waals surface area contributed by atoms with E-state index in [4.69, 9.17) is 0 Å². The van der Waals surface area contributed by atoms with Crippen LogP contribution >= 0.6 is 0 Å². The predicted octanol–water partition coefficient (Wildman–Crippen LogP) is 3.93. The number of aromatic nitrogens is 4. The van der Waals surface area contributed by atoms with Gasteiger partial charge in [0.05, 0.1) is 23.2 Å². The number of pyridine rings is 2. The molecular weight excluding hydrogens is 483 g/mol. The Morgan fingerprint density at radius 2 is 1.68 bits per heavy atom. The first-order chi connectivity index (χ1) is 15.9. The Bertz CT molecular complexity index is 1580. The standard InChI is InChI=1S/C21H13F5N4O3S/c1-2-34(32,33)17-4-3-16(11-6-14(22)8-15(23)7-11)29-19(17)30-20(31)18-12(9-28-30)5-13(10-27-18)21(24,25)26/h3-10H,2H2,1H3. The van der Waals surface area contributed by atoms with Gasteiger partial charge in [-0.15, -0.1) is 0 Å². The summed E-state index contributed by atoms with van der Waals surface area (Å²) in [5.41, 5.74) is -2.65. The van der Waals surface area contributed by atoms with E-state index in [2.05, 4.69) is 15.1 Å². The van der Waals surface area contributed by atoms with Crippen molar-refractivity contribution in [3.8, 4) is 17.1 Å². The quantitative estimate of drug-likeness (QED) is 0.398. The molecule has 3 aromatic heterocycles. The second-order valence-electron chi connectivity index (χ2n) is 7.10. The van der Waals surface area contributed by atoms with Crippen molar-refractivity contribution in [2.75, 3.05) is 5.75 Å². The highest BCUT2D eigenvalue weighted by atomic mass is 32.2. The van der Waals surface area contributed by atoms with Gasteiger partial charge in [-0.05, 0) is 30.3 Å². The molecule has 0 saturated heterocycles. The zero-order valence-corrected chi connectivity index (χ0v) is 18.0. The molecular formula is C21H13F5N4O3S. The van der Waals surface area contributed by atoms with E-state index in [-0.39, 0.29) is 22.4 Å². The molecule has 176 valence electrons. The normalized spacial score (nSPS) is 12.3. The highest BCUT2D eigenvalue weighted by Gasteiger charge is 2.31. The Balaban J connectivity index is 1.99. The predicted molar refractivity (Wildman–Crippen MR) is 111 cm³/mol. The third kappa shape index (κ3) is 4.25. The molecule has 7 nitrogen and oxygen atoms in total. The van der Waals surface area contributed by atoms with Crippen LogP contribution in [0.1, 0.15) is 12.5 Å². The van der Waals surface area contributed by atoms with Gasteiger partial charge in [-0.1, -0.05) is 6.92 Å². The van der Waals surface area contributed by atoms with E-state index in [1.165, 1.54) is 13.0 Å². The highest BCUT2D eigenvalue weighted by Crippen LogP contribution is 2.30. The maximum atomic E-state index is 13.7. The second kappa shape index (κ2) is 8.24. The first-order valence-electron chi connectivity index (χ1n) is 9.56. The van der Waals surface area contributed by atoms with Crippen molar-refractivity contribution in [2.24, 2.45) is 0 Å². The summed E-state index contributed by atoms with van der Waals surface area (Å²) >= 11 is 0. The molecule has 0 fully saturated rings. The zero-order valence-electron chi connectivity index (χ0n) is 17.1. The van der Waals surface area contributed by atoms with E-state index in [1.54, 1.807) is 0 Å². The molecule has 0 aliphatic carbocycles. The van der Waals surface area contributed by atoms with Gasteiger partial charge in [0.2, 0.25) is 0 Å². The summed E-state index contributed by atoms with van der Waals surface area (Å²) in [6, 6.07) is 5.55. The van der Waals surface area contributed by atoms with Crippen LogP contribution in [0.15, 0.2) is 58.5 Å². The monoisotopic (exact) mass is 496 g/mol. The largest absolute Gasteiger partial charge is 0.417 e. The van der Waals surface area contributed by atoms with Crippen LogP contribution in [0.5, 0.6) is 0 Å². The van der Waals surface area contributed by atoms with Gasteiger partial charge in [-0.25, -0.2) is 27.2 Å². The van der Waals surface area contributed by atoms with Gasteiger partial charge in [-0.2, -0.15) is 23.0 Å². The number of benzene rings is 1. The third-order valence-electron chi connectivity index (χ3n) is 4.87. The summed E-state index contributed by atoms with van der Waals surface area (Å²) < 4.78 is 92.2. The highest BCUT2D eigenvalue weighted by molar-refractivity contribution is 7.91. The summed E-state index contributed by atoms with van der Waals surface area (Å²) in [7, 11) is -3.97. The average Bonchev–Trinajstić information content (AvgIpc) is 2.77. The Kier molecular flexibility index (Phi) is 5.67. The topological polar surface area (TPSA) is 94.8 Å². The lowest BCUT2D eigenvalue weighted by Gasteiger charge is -2.13. The van der Waals surface area contributed by atoms with E-state index in [0.29, 0.717) is 23.0 Å². The van der Waals surface area contributed by atoms with E-state index in [9.17, 15) is 35.2 Å². The van der Waals surface area contributed by atoms with Crippen LogP contribution in [0.2, 0.25) is 0 Å². The fourth-order valence-electron chi connectivity index (χ4n) is 3.19. The molecule has 0 aliphatic rings. The van der Waals surface area contributed by atoms with E-state index in [1.807, 2.05) is 0 Å². The molecule has 0 bridgehead atoms. The van der Waals surface area contributed by atoms with Crippen LogP contribution < -0.4 is 5.56 Å². The van der Waals surface area contributed by atoms with Crippen LogP contribution in [-0.4, -0.2) is 33.9 Å². The number of sulfone groups is 1. The first-order valence-corrected chi connectivity index (χ1v) is 11.2. The minimum atomic E-state index is -4.70. The fraction of sp³-hybridized carbons (Fsp3) is 0.143. The fourth-order valence-corrected chi connectivity index (χ4v) is 4.18. The minimum Gasteiger partial charge on any atom is -0.265 e. The molecule has 4 aromatic rings. The van der Waals surface area contributed by atoms with Crippen LogP contribution in [0.25, 0.3) is 28.0 Å². The lowest BCUT2D eigenvalue weighted by molar-refractivity contribution is -0.137. The molecule has 0 N–H and O–H groups in total. The number of rotatable bonds is 4. The summed E-state index contributed by atoms with van der Waals surface area (Å²) in [6.07, 6.45) is -3.32.